The van der Waals surface area contributed by atoms with Gasteiger partial charge in [-0.05, 0) is 130 Å². The Hall–Kier alpha value is -7.24. The number of para-hydroxylation sites is 2. The highest BCUT2D eigenvalue weighted by Gasteiger charge is 2.17. The van der Waals surface area contributed by atoms with Crippen LogP contribution in [0.15, 0.2) is 183 Å². The van der Waals surface area contributed by atoms with Gasteiger partial charge in [0, 0.05) is 32.9 Å². The van der Waals surface area contributed by atoms with E-state index in [-0.39, 0.29) is 0 Å². The maximum atomic E-state index is 6.17. The molecule has 0 aliphatic rings. The normalized spacial score (nSPS) is 11.6. The fourth-order valence-electron chi connectivity index (χ4n) is 9.03. The highest BCUT2D eigenvalue weighted by molar-refractivity contribution is 6.10. The zero-order valence-electron chi connectivity index (χ0n) is 35.3. The molecule has 0 amide bonds. The fourth-order valence-corrected chi connectivity index (χ4v) is 9.03. The molecule has 0 spiro atoms. The van der Waals surface area contributed by atoms with Crippen LogP contribution < -0.4 is 0 Å². The zero-order valence-corrected chi connectivity index (χ0v) is 35.3. The molecule has 8 aromatic carbocycles. The van der Waals surface area contributed by atoms with E-state index in [0.29, 0.717) is 26.4 Å². The van der Waals surface area contributed by atoms with Crippen molar-refractivity contribution in [2.75, 3.05) is 0 Å². The first-order valence-corrected chi connectivity index (χ1v) is 21.3. The highest BCUT2D eigenvalue weighted by Crippen LogP contribution is 2.37. The summed E-state index contributed by atoms with van der Waals surface area (Å²) in [6.07, 6.45) is 3.72. The van der Waals surface area contributed by atoms with Crippen molar-refractivity contribution in [3.63, 3.8) is 0 Å². The van der Waals surface area contributed by atoms with Crippen LogP contribution in [0.1, 0.15) is 44.5 Å². The van der Waals surface area contributed by atoms with E-state index in [1.807, 2.05) is 12.2 Å². The summed E-state index contributed by atoms with van der Waals surface area (Å²) >= 11 is 0. The van der Waals surface area contributed by atoms with E-state index >= 15 is 0 Å². The molecule has 302 valence electrons. The molecule has 0 saturated heterocycles. The van der Waals surface area contributed by atoms with Gasteiger partial charge in [0.05, 0.1) is 48.5 Å². The van der Waals surface area contributed by atoms with Crippen LogP contribution in [0.3, 0.4) is 0 Å². The second-order valence-corrected chi connectivity index (χ2v) is 16.3. The van der Waals surface area contributed by atoms with E-state index < -0.39 is 0 Å². The molecule has 62 heavy (non-hydrogen) atoms. The predicted octanol–water partition coefficient (Wildman–Crippen LogP) is 14.9. The van der Waals surface area contributed by atoms with E-state index in [2.05, 4.69) is 206 Å². The van der Waals surface area contributed by atoms with Gasteiger partial charge in [0.2, 0.25) is 0 Å². The van der Waals surface area contributed by atoms with Crippen molar-refractivity contribution in [1.82, 2.24) is 9.13 Å². The number of hydrogen-bond acceptors (Lipinski definition) is 2. The minimum absolute atomic E-state index is 0.547. The Kier molecular flexibility index (Phi) is 10.5. The summed E-state index contributed by atoms with van der Waals surface area (Å²) in [6.45, 7) is 14.4. The number of ether oxygens (including phenoxy) is 2. The smallest absolute Gasteiger partial charge is 0.0721 e. The summed E-state index contributed by atoms with van der Waals surface area (Å²) in [5, 5.41) is 4.92. The zero-order chi connectivity index (χ0) is 42.2. The SMILES string of the molecule is C=Cc1ccc(COCc2ccc3c(c2)c2ccccc2n3-c2ccc(-c3ccc(-n4c5ccccc5c5cc(COCc6ccc(C=C)cc6)ccc54)cc3C)c(C)c2)cc1. The monoisotopic (exact) mass is 804 g/mol. The van der Waals surface area contributed by atoms with Gasteiger partial charge < -0.3 is 18.6 Å². The van der Waals surface area contributed by atoms with Gasteiger partial charge in [0.25, 0.3) is 0 Å². The minimum Gasteiger partial charge on any atom is -0.372 e. The Bertz CT molecular complexity index is 3070. The number of nitrogens with zero attached hydrogens (tertiary/aromatic N) is 2. The molecule has 10 rings (SSSR count). The van der Waals surface area contributed by atoms with E-state index in [0.717, 1.165) is 44.8 Å². The quantitative estimate of drug-likeness (QED) is 0.116. The average molecular weight is 805 g/mol. The van der Waals surface area contributed by atoms with Crippen molar-refractivity contribution < 1.29 is 9.47 Å². The molecule has 4 nitrogen and oxygen atoms in total. The molecule has 0 aliphatic heterocycles. The van der Waals surface area contributed by atoms with Crippen LogP contribution in [0.5, 0.6) is 0 Å². The predicted molar refractivity (Wildman–Crippen MR) is 260 cm³/mol. The number of benzene rings is 8. The molecule has 2 heterocycles. The Morgan fingerprint density at radius 3 is 1.16 bits per heavy atom. The molecule has 2 aromatic heterocycles. The van der Waals surface area contributed by atoms with Crippen LogP contribution >= 0.6 is 0 Å². The third-order valence-corrected chi connectivity index (χ3v) is 12.2. The average Bonchev–Trinajstić information content (AvgIpc) is 3.82. The summed E-state index contributed by atoms with van der Waals surface area (Å²) in [7, 11) is 0. The topological polar surface area (TPSA) is 28.3 Å². The molecule has 0 fully saturated rings. The van der Waals surface area contributed by atoms with Gasteiger partial charge in [-0.15, -0.1) is 0 Å². The van der Waals surface area contributed by atoms with Crippen molar-refractivity contribution in [1.29, 1.82) is 0 Å². The van der Waals surface area contributed by atoms with E-state index in [1.165, 1.54) is 65.9 Å². The van der Waals surface area contributed by atoms with Crippen LogP contribution in [-0.4, -0.2) is 9.13 Å². The van der Waals surface area contributed by atoms with Gasteiger partial charge >= 0.3 is 0 Å². The van der Waals surface area contributed by atoms with Crippen molar-refractivity contribution >= 4 is 55.8 Å². The fraction of sp³-hybridized carbons (Fsp3) is 0.103. The van der Waals surface area contributed by atoms with Crippen LogP contribution in [0.2, 0.25) is 0 Å². The van der Waals surface area contributed by atoms with Crippen molar-refractivity contribution in [3.8, 4) is 22.5 Å². The Morgan fingerprint density at radius 1 is 0.387 bits per heavy atom. The molecule has 0 saturated carbocycles. The summed E-state index contributed by atoms with van der Waals surface area (Å²) in [5.41, 5.74) is 18.8. The highest BCUT2D eigenvalue weighted by atomic mass is 16.5. The molecule has 4 heteroatoms. The first-order chi connectivity index (χ1) is 30.4. The number of aryl methyl sites for hydroxylation is 2. The first kappa shape index (κ1) is 38.9. The lowest BCUT2D eigenvalue weighted by Gasteiger charge is -2.16. The van der Waals surface area contributed by atoms with Gasteiger partial charge in [-0.1, -0.05) is 135 Å². The van der Waals surface area contributed by atoms with Crippen LogP contribution in [0.25, 0.3) is 78.3 Å². The third-order valence-electron chi connectivity index (χ3n) is 12.2. The maximum Gasteiger partial charge on any atom is 0.0721 e. The van der Waals surface area contributed by atoms with Gasteiger partial charge in [0.15, 0.2) is 0 Å². The van der Waals surface area contributed by atoms with Crippen LogP contribution in [-0.2, 0) is 35.9 Å². The molecule has 0 unspecified atom stereocenters. The van der Waals surface area contributed by atoms with E-state index in [9.17, 15) is 0 Å². The van der Waals surface area contributed by atoms with E-state index in [4.69, 9.17) is 9.47 Å². The number of rotatable bonds is 13. The molecular formula is C58H48N2O2. The Morgan fingerprint density at radius 2 is 0.758 bits per heavy atom. The van der Waals surface area contributed by atoms with Gasteiger partial charge in [-0.25, -0.2) is 0 Å². The molecular weight excluding hydrogens is 757 g/mol. The molecule has 10 aromatic rings. The summed E-state index contributed by atoms with van der Waals surface area (Å²) in [6, 6.07) is 61.3. The van der Waals surface area contributed by atoms with Gasteiger partial charge in [-0.2, -0.15) is 0 Å². The Labute approximate surface area is 363 Å². The minimum atomic E-state index is 0.547. The largest absolute Gasteiger partial charge is 0.372 e. The maximum absolute atomic E-state index is 6.17. The molecule has 0 bridgehead atoms. The molecule has 0 radical (unpaired) electrons. The number of aromatic nitrogens is 2. The van der Waals surface area contributed by atoms with Gasteiger partial charge in [-0.3, -0.25) is 0 Å². The first-order valence-electron chi connectivity index (χ1n) is 21.3. The van der Waals surface area contributed by atoms with Crippen molar-refractivity contribution in [2.45, 2.75) is 40.3 Å². The van der Waals surface area contributed by atoms with Crippen molar-refractivity contribution in [3.05, 3.63) is 228 Å². The lowest BCUT2D eigenvalue weighted by atomic mass is 9.95. The number of fused-ring (bicyclic) bond motifs is 6. The lowest BCUT2D eigenvalue weighted by Crippen LogP contribution is -1.98. The van der Waals surface area contributed by atoms with Crippen LogP contribution in [0, 0.1) is 13.8 Å². The molecule has 0 N–H and O–H groups in total. The summed E-state index contributed by atoms with van der Waals surface area (Å²) < 4.78 is 17.1. The van der Waals surface area contributed by atoms with Crippen LogP contribution in [0.4, 0.5) is 0 Å². The van der Waals surface area contributed by atoms with Crippen molar-refractivity contribution in [2.24, 2.45) is 0 Å². The Balaban J connectivity index is 0.916. The number of hydrogen-bond donors (Lipinski definition) is 0. The second kappa shape index (κ2) is 16.7. The summed E-state index contributed by atoms with van der Waals surface area (Å²) in [4.78, 5) is 0. The lowest BCUT2D eigenvalue weighted by molar-refractivity contribution is 0.107. The third kappa shape index (κ3) is 7.34. The standard InChI is InChI=1S/C58H48N2O2/c1-5-41-15-19-43(20-16-41)35-61-37-45-23-29-57-53(33-45)51-11-7-9-13-55(51)59(57)47-25-27-49(39(3)31-47)50-28-26-48(32-40(50)4)60-56-14-10-8-12-52(56)54-34-46(24-30-58(54)60)38-62-36-44-21-17-42(6-2)18-22-44/h5-34H,1-2,35-38H2,3-4H3. The summed E-state index contributed by atoms with van der Waals surface area (Å²) in [5.74, 6) is 0. The second-order valence-electron chi connectivity index (χ2n) is 16.3. The van der Waals surface area contributed by atoms with E-state index in [1.54, 1.807) is 0 Å². The molecule has 0 aliphatic carbocycles. The van der Waals surface area contributed by atoms with Gasteiger partial charge in [0.1, 0.15) is 0 Å². The molecule has 0 atom stereocenters.